The topological polar surface area (TPSA) is 33.4 Å². The van der Waals surface area contributed by atoms with Gasteiger partial charge in [0, 0.05) is 17.4 Å². The summed E-state index contributed by atoms with van der Waals surface area (Å²) in [7, 11) is 0. The van der Waals surface area contributed by atoms with Gasteiger partial charge in [0.05, 0.1) is 6.10 Å². The fourth-order valence-corrected chi connectivity index (χ4v) is 3.76. The van der Waals surface area contributed by atoms with E-state index in [0.29, 0.717) is 0 Å². The average molecular weight is 324 g/mol. The molecule has 1 aromatic heterocycles. The van der Waals surface area contributed by atoms with E-state index in [9.17, 15) is 9.50 Å². The Labute approximate surface area is 141 Å². The molecule has 1 aromatic carbocycles. The summed E-state index contributed by atoms with van der Waals surface area (Å²) < 4.78 is 19.8. The average Bonchev–Trinajstić information content (AvgIpc) is 3.14. The van der Waals surface area contributed by atoms with E-state index >= 15 is 0 Å². The first-order valence-electron chi connectivity index (χ1n) is 8.49. The van der Waals surface area contributed by atoms with Crippen molar-refractivity contribution >= 4 is 16.5 Å². The van der Waals surface area contributed by atoms with Crippen molar-refractivity contribution in [3.05, 3.63) is 64.2 Å². The summed E-state index contributed by atoms with van der Waals surface area (Å²) in [6.45, 7) is 3.87. The second-order valence-corrected chi connectivity index (χ2v) is 6.87. The molecule has 0 saturated heterocycles. The Morgan fingerprint density at radius 3 is 2.67 bits per heavy atom. The number of hydrogen-bond acceptors (Lipinski definition) is 2. The molecule has 0 radical (unpaired) electrons. The molecule has 1 atom stereocenters. The van der Waals surface area contributed by atoms with Crippen LogP contribution >= 0.6 is 0 Å². The van der Waals surface area contributed by atoms with Crippen LogP contribution < -0.4 is 0 Å². The van der Waals surface area contributed by atoms with Crippen molar-refractivity contribution in [3.63, 3.8) is 0 Å². The van der Waals surface area contributed by atoms with Crippen LogP contribution in [0.1, 0.15) is 42.6 Å². The van der Waals surface area contributed by atoms with Crippen molar-refractivity contribution in [1.82, 2.24) is 0 Å². The molecule has 1 heterocycles. The molecule has 4 rings (SSSR count). The smallest absolute Gasteiger partial charge is 0.138 e. The molecule has 0 fully saturated rings. The fraction of sp³-hybridized carbons (Fsp3) is 0.333. The van der Waals surface area contributed by atoms with Crippen LogP contribution in [0, 0.1) is 19.7 Å². The van der Waals surface area contributed by atoms with E-state index in [1.807, 2.05) is 13.8 Å². The van der Waals surface area contributed by atoms with Crippen LogP contribution in [0.15, 0.2) is 45.9 Å². The number of halogens is 1. The minimum absolute atomic E-state index is 0.196. The Bertz CT molecular complexity index is 912. The second-order valence-electron chi connectivity index (χ2n) is 6.87. The maximum Gasteiger partial charge on any atom is 0.138 e. The van der Waals surface area contributed by atoms with Crippen molar-refractivity contribution in [2.24, 2.45) is 0 Å². The van der Waals surface area contributed by atoms with E-state index in [2.05, 4.69) is 18.2 Å². The van der Waals surface area contributed by atoms with Crippen LogP contribution in [0.4, 0.5) is 4.39 Å². The Balaban J connectivity index is 1.64. The van der Waals surface area contributed by atoms with Gasteiger partial charge in [-0.1, -0.05) is 18.2 Å². The number of furan rings is 1. The molecule has 24 heavy (non-hydrogen) atoms. The van der Waals surface area contributed by atoms with Gasteiger partial charge in [-0.3, -0.25) is 0 Å². The Kier molecular flexibility index (Phi) is 3.69. The zero-order valence-corrected chi connectivity index (χ0v) is 14.0. The fourth-order valence-electron chi connectivity index (χ4n) is 3.76. The van der Waals surface area contributed by atoms with E-state index in [-0.39, 0.29) is 11.9 Å². The normalized spacial score (nSPS) is 21.0. The van der Waals surface area contributed by atoms with Crippen LogP contribution in [-0.2, 0) is 0 Å². The lowest BCUT2D eigenvalue weighted by molar-refractivity contribution is 0.163. The highest BCUT2D eigenvalue weighted by molar-refractivity contribution is 5.89. The van der Waals surface area contributed by atoms with Gasteiger partial charge < -0.3 is 9.52 Å². The summed E-state index contributed by atoms with van der Waals surface area (Å²) >= 11 is 0. The van der Waals surface area contributed by atoms with Crippen LogP contribution in [0.2, 0.25) is 0 Å². The lowest BCUT2D eigenvalue weighted by Crippen LogP contribution is -2.10. The Morgan fingerprint density at radius 2 is 1.92 bits per heavy atom. The molecule has 2 aliphatic rings. The molecule has 2 aromatic rings. The molecule has 2 nitrogen and oxygen atoms in total. The SMILES string of the molecule is Cc1c(C2=CC=C(C3=CCC(O)CC3)C2)oc2c(C)cc(F)cc12. The summed E-state index contributed by atoms with van der Waals surface area (Å²) in [4.78, 5) is 0. The van der Waals surface area contributed by atoms with E-state index in [1.54, 1.807) is 6.07 Å². The Morgan fingerprint density at radius 1 is 1.12 bits per heavy atom. The number of hydrogen-bond donors (Lipinski definition) is 1. The van der Waals surface area contributed by atoms with Gasteiger partial charge in [0.2, 0.25) is 0 Å². The molecule has 1 N–H and O–H groups in total. The lowest BCUT2D eigenvalue weighted by atomic mass is 9.90. The zero-order valence-electron chi connectivity index (χ0n) is 14.0. The first-order chi connectivity index (χ1) is 11.5. The highest BCUT2D eigenvalue weighted by Gasteiger charge is 2.22. The van der Waals surface area contributed by atoms with Crippen molar-refractivity contribution in [2.45, 2.75) is 45.6 Å². The van der Waals surface area contributed by atoms with E-state index in [4.69, 9.17) is 4.42 Å². The van der Waals surface area contributed by atoms with Gasteiger partial charge in [-0.15, -0.1) is 0 Å². The van der Waals surface area contributed by atoms with Crippen LogP contribution in [-0.4, -0.2) is 11.2 Å². The van der Waals surface area contributed by atoms with Gasteiger partial charge in [0.1, 0.15) is 17.2 Å². The minimum atomic E-state index is -0.222. The molecular formula is C21H21FO2. The summed E-state index contributed by atoms with van der Waals surface area (Å²) in [5.41, 5.74) is 6.39. The number of rotatable bonds is 2. The zero-order chi connectivity index (χ0) is 16.8. The first-order valence-corrected chi connectivity index (χ1v) is 8.49. The van der Waals surface area contributed by atoms with Crippen LogP contribution in [0.5, 0.6) is 0 Å². The molecule has 0 aliphatic heterocycles. The van der Waals surface area contributed by atoms with Gasteiger partial charge >= 0.3 is 0 Å². The molecule has 0 amide bonds. The first kappa shape index (κ1) is 15.4. The van der Waals surface area contributed by atoms with Gasteiger partial charge in [-0.05, 0) is 67.5 Å². The van der Waals surface area contributed by atoms with Gasteiger partial charge in [0.25, 0.3) is 0 Å². The second kappa shape index (κ2) is 5.75. The van der Waals surface area contributed by atoms with Gasteiger partial charge in [-0.2, -0.15) is 0 Å². The van der Waals surface area contributed by atoms with Crippen LogP contribution in [0.25, 0.3) is 16.5 Å². The van der Waals surface area contributed by atoms with Crippen molar-refractivity contribution in [1.29, 1.82) is 0 Å². The summed E-state index contributed by atoms with van der Waals surface area (Å²) in [6, 6.07) is 3.07. The summed E-state index contributed by atoms with van der Waals surface area (Å²) in [5, 5.41) is 10.5. The summed E-state index contributed by atoms with van der Waals surface area (Å²) in [6.07, 6.45) is 9.56. The molecule has 3 heteroatoms. The summed E-state index contributed by atoms with van der Waals surface area (Å²) in [5.74, 6) is 0.641. The lowest BCUT2D eigenvalue weighted by Gasteiger charge is -2.18. The van der Waals surface area contributed by atoms with Crippen LogP contribution in [0.3, 0.4) is 0 Å². The third-order valence-electron chi connectivity index (χ3n) is 5.14. The number of aryl methyl sites for hydroxylation is 2. The molecule has 0 saturated carbocycles. The molecule has 0 bridgehead atoms. The largest absolute Gasteiger partial charge is 0.456 e. The highest BCUT2D eigenvalue weighted by Crippen LogP contribution is 2.40. The maximum absolute atomic E-state index is 13.7. The predicted molar refractivity (Wildman–Crippen MR) is 94.3 cm³/mol. The maximum atomic E-state index is 13.7. The third-order valence-corrected chi connectivity index (χ3v) is 5.14. The molecule has 0 spiro atoms. The Hall–Kier alpha value is -2.13. The van der Waals surface area contributed by atoms with E-state index in [1.165, 1.54) is 17.2 Å². The van der Waals surface area contributed by atoms with E-state index < -0.39 is 0 Å². The van der Waals surface area contributed by atoms with E-state index in [0.717, 1.165) is 59.1 Å². The molecule has 2 aliphatic carbocycles. The quantitative estimate of drug-likeness (QED) is 0.805. The monoisotopic (exact) mass is 324 g/mol. The van der Waals surface area contributed by atoms with Crippen molar-refractivity contribution in [3.8, 4) is 0 Å². The molecule has 124 valence electrons. The number of allylic oxidation sites excluding steroid dienone is 5. The van der Waals surface area contributed by atoms with Gasteiger partial charge in [0.15, 0.2) is 0 Å². The predicted octanol–water partition coefficient (Wildman–Crippen LogP) is 5.37. The number of fused-ring (bicyclic) bond motifs is 1. The third kappa shape index (κ3) is 2.53. The number of benzene rings is 1. The molecular weight excluding hydrogens is 303 g/mol. The number of aliphatic hydroxyl groups excluding tert-OH is 1. The minimum Gasteiger partial charge on any atom is -0.456 e. The standard InChI is InChI=1S/C21H21FO2/c1-12-9-17(22)11-19-13(2)21(24-20(12)19)16-4-3-15(10-16)14-5-7-18(23)8-6-14/h3-5,9,11,18,23H,6-8,10H2,1-2H3. The van der Waals surface area contributed by atoms with Gasteiger partial charge in [-0.25, -0.2) is 4.39 Å². The number of aliphatic hydroxyl groups is 1. The highest BCUT2D eigenvalue weighted by atomic mass is 19.1. The van der Waals surface area contributed by atoms with Crippen molar-refractivity contribution < 1.29 is 13.9 Å². The molecule has 1 unspecified atom stereocenters. The van der Waals surface area contributed by atoms with Crippen molar-refractivity contribution in [2.75, 3.05) is 0 Å².